The van der Waals surface area contributed by atoms with Gasteiger partial charge in [0, 0.05) is 6.04 Å². The molecule has 0 aliphatic heterocycles. The molecule has 1 aliphatic carbocycles. The van der Waals surface area contributed by atoms with Crippen molar-refractivity contribution in [2.75, 3.05) is 0 Å². The van der Waals surface area contributed by atoms with E-state index in [9.17, 15) is 4.79 Å². The normalized spacial score (nSPS) is 24.8. The van der Waals surface area contributed by atoms with Crippen LogP contribution in [0.1, 0.15) is 42.5 Å². The fraction of sp³-hybridized carbons (Fsp3) is 0.583. The SMILES string of the molecule is CC1CCC(NCc2ccc(C(N)=O)o2)C1. The molecule has 1 amide bonds. The van der Waals surface area contributed by atoms with Crippen LogP contribution in [0.25, 0.3) is 0 Å². The maximum atomic E-state index is 10.8. The summed E-state index contributed by atoms with van der Waals surface area (Å²) in [7, 11) is 0. The smallest absolute Gasteiger partial charge is 0.284 e. The molecule has 88 valence electrons. The number of nitrogens with two attached hydrogens (primary N) is 1. The van der Waals surface area contributed by atoms with Crippen molar-refractivity contribution in [3.63, 3.8) is 0 Å². The van der Waals surface area contributed by atoms with Crippen molar-refractivity contribution < 1.29 is 9.21 Å². The predicted octanol–water partition coefficient (Wildman–Crippen LogP) is 1.66. The van der Waals surface area contributed by atoms with Gasteiger partial charge in [-0.05, 0) is 37.3 Å². The molecule has 1 saturated carbocycles. The molecule has 0 spiro atoms. The van der Waals surface area contributed by atoms with Gasteiger partial charge in [0.05, 0.1) is 6.54 Å². The minimum Gasteiger partial charge on any atom is -0.455 e. The maximum Gasteiger partial charge on any atom is 0.284 e. The number of furan rings is 1. The summed E-state index contributed by atoms with van der Waals surface area (Å²) in [5.74, 6) is 1.31. The Morgan fingerprint density at radius 3 is 2.94 bits per heavy atom. The Hall–Kier alpha value is -1.29. The molecule has 2 atom stereocenters. The Kier molecular flexibility index (Phi) is 3.29. The molecular formula is C12H18N2O2. The molecule has 2 rings (SSSR count). The summed E-state index contributed by atoms with van der Waals surface area (Å²) in [6.45, 7) is 2.95. The largest absolute Gasteiger partial charge is 0.455 e. The highest BCUT2D eigenvalue weighted by Gasteiger charge is 2.20. The van der Waals surface area contributed by atoms with E-state index in [-0.39, 0.29) is 5.76 Å². The summed E-state index contributed by atoms with van der Waals surface area (Å²) < 4.78 is 5.29. The predicted molar refractivity (Wildman–Crippen MR) is 60.9 cm³/mol. The molecule has 2 unspecified atom stereocenters. The van der Waals surface area contributed by atoms with Gasteiger partial charge in [-0.3, -0.25) is 4.79 Å². The fourth-order valence-corrected chi connectivity index (χ4v) is 2.24. The van der Waals surface area contributed by atoms with Crippen molar-refractivity contribution in [1.82, 2.24) is 5.32 Å². The number of primary amides is 1. The average Bonchev–Trinajstić information content (AvgIpc) is 2.83. The van der Waals surface area contributed by atoms with Crippen molar-refractivity contribution in [2.45, 2.75) is 38.8 Å². The van der Waals surface area contributed by atoms with E-state index in [0.717, 1.165) is 11.7 Å². The standard InChI is InChI=1S/C12H18N2O2/c1-8-2-3-9(6-8)14-7-10-4-5-11(16-10)12(13)15/h4-5,8-9,14H,2-3,6-7H2,1H3,(H2,13,15). The molecule has 1 aliphatic rings. The van der Waals surface area contributed by atoms with E-state index in [0.29, 0.717) is 12.6 Å². The molecule has 3 N–H and O–H groups in total. The monoisotopic (exact) mass is 222 g/mol. The van der Waals surface area contributed by atoms with Gasteiger partial charge in [-0.25, -0.2) is 0 Å². The highest BCUT2D eigenvalue weighted by atomic mass is 16.3. The van der Waals surface area contributed by atoms with Gasteiger partial charge in [0.2, 0.25) is 0 Å². The van der Waals surface area contributed by atoms with Crippen LogP contribution in [0.2, 0.25) is 0 Å². The van der Waals surface area contributed by atoms with Crippen molar-refractivity contribution in [1.29, 1.82) is 0 Å². The molecule has 1 heterocycles. The van der Waals surface area contributed by atoms with Gasteiger partial charge in [0.1, 0.15) is 5.76 Å². The molecule has 0 saturated heterocycles. The van der Waals surface area contributed by atoms with Crippen LogP contribution in [-0.2, 0) is 6.54 Å². The number of amides is 1. The molecular weight excluding hydrogens is 204 g/mol. The van der Waals surface area contributed by atoms with E-state index in [1.807, 2.05) is 0 Å². The van der Waals surface area contributed by atoms with Gasteiger partial charge in [0.25, 0.3) is 5.91 Å². The summed E-state index contributed by atoms with van der Waals surface area (Å²) in [4.78, 5) is 10.8. The minimum absolute atomic E-state index is 0.233. The van der Waals surface area contributed by atoms with Crippen molar-refractivity contribution in [2.24, 2.45) is 11.7 Å². The van der Waals surface area contributed by atoms with Crippen LogP contribution in [0, 0.1) is 5.92 Å². The van der Waals surface area contributed by atoms with Gasteiger partial charge in [-0.1, -0.05) is 6.92 Å². The first-order chi connectivity index (χ1) is 7.65. The number of hydrogen-bond donors (Lipinski definition) is 2. The first-order valence-electron chi connectivity index (χ1n) is 5.77. The lowest BCUT2D eigenvalue weighted by molar-refractivity contribution is 0.0972. The van der Waals surface area contributed by atoms with Crippen LogP contribution in [-0.4, -0.2) is 11.9 Å². The zero-order chi connectivity index (χ0) is 11.5. The van der Waals surface area contributed by atoms with Crippen molar-refractivity contribution in [3.8, 4) is 0 Å². The lowest BCUT2D eigenvalue weighted by Gasteiger charge is -2.10. The molecule has 1 aromatic heterocycles. The molecule has 0 aromatic carbocycles. The Morgan fingerprint density at radius 2 is 2.38 bits per heavy atom. The molecule has 1 aromatic rings. The number of rotatable bonds is 4. The van der Waals surface area contributed by atoms with Crippen LogP contribution in [0.4, 0.5) is 0 Å². The van der Waals surface area contributed by atoms with E-state index < -0.39 is 5.91 Å². The van der Waals surface area contributed by atoms with Crippen LogP contribution in [0.5, 0.6) is 0 Å². The number of hydrogen-bond acceptors (Lipinski definition) is 3. The highest BCUT2D eigenvalue weighted by molar-refractivity contribution is 5.89. The molecule has 0 radical (unpaired) electrons. The lowest BCUT2D eigenvalue weighted by atomic mass is 10.1. The van der Waals surface area contributed by atoms with Gasteiger partial charge in [-0.2, -0.15) is 0 Å². The van der Waals surface area contributed by atoms with Gasteiger partial charge in [0.15, 0.2) is 5.76 Å². The average molecular weight is 222 g/mol. The van der Waals surface area contributed by atoms with Gasteiger partial charge >= 0.3 is 0 Å². The first-order valence-corrected chi connectivity index (χ1v) is 5.77. The quantitative estimate of drug-likeness (QED) is 0.814. The Morgan fingerprint density at radius 1 is 1.56 bits per heavy atom. The van der Waals surface area contributed by atoms with E-state index in [4.69, 9.17) is 10.2 Å². The lowest BCUT2D eigenvalue weighted by Crippen LogP contribution is -2.25. The summed E-state index contributed by atoms with van der Waals surface area (Å²) >= 11 is 0. The van der Waals surface area contributed by atoms with Crippen LogP contribution < -0.4 is 11.1 Å². The van der Waals surface area contributed by atoms with Crippen LogP contribution >= 0.6 is 0 Å². The number of carbonyl (C=O) groups is 1. The molecule has 4 nitrogen and oxygen atoms in total. The molecule has 1 fully saturated rings. The van der Waals surface area contributed by atoms with Gasteiger partial charge < -0.3 is 15.5 Å². The second kappa shape index (κ2) is 4.70. The maximum absolute atomic E-state index is 10.8. The zero-order valence-corrected chi connectivity index (χ0v) is 9.53. The van der Waals surface area contributed by atoms with Crippen LogP contribution in [0.3, 0.4) is 0 Å². The molecule has 4 heteroatoms. The van der Waals surface area contributed by atoms with E-state index in [1.165, 1.54) is 19.3 Å². The topological polar surface area (TPSA) is 68.3 Å². The number of carbonyl (C=O) groups excluding carboxylic acids is 1. The molecule has 16 heavy (non-hydrogen) atoms. The third kappa shape index (κ3) is 2.64. The molecule has 0 bridgehead atoms. The third-order valence-electron chi connectivity index (χ3n) is 3.16. The summed E-state index contributed by atoms with van der Waals surface area (Å²) in [5.41, 5.74) is 5.11. The van der Waals surface area contributed by atoms with Crippen molar-refractivity contribution in [3.05, 3.63) is 23.7 Å². The highest BCUT2D eigenvalue weighted by Crippen LogP contribution is 2.24. The van der Waals surface area contributed by atoms with E-state index in [2.05, 4.69) is 12.2 Å². The fourth-order valence-electron chi connectivity index (χ4n) is 2.24. The summed E-state index contributed by atoms with van der Waals surface area (Å²) in [6.07, 6.45) is 3.75. The second-order valence-corrected chi connectivity index (χ2v) is 4.63. The Balaban J connectivity index is 1.83. The summed E-state index contributed by atoms with van der Waals surface area (Å²) in [5, 5.41) is 3.43. The number of nitrogens with one attached hydrogen (secondary N) is 1. The Bertz CT molecular complexity index is 373. The van der Waals surface area contributed by atoms with E-state index in [1.54, 1.807) is 12.1 Å². The van der Waals surface area contributed by atoms with Crippen molar-refractivity contribution >= 4 is 5.91 Å². The van der Waals surface area contributed by atoms with Crippen LogP contribution in [0.15, 0.2) is 16.5 Å². The summed E-state index contributed by atoms with van der Waals surface area (Å²) in [6, 6.07) is 4.00. The first kappa shape index (κ1) is 11.2. The van der Waals surface area contributed by atoms with Gasteiger partial charge in [-0.15, -0.1) is 0 Å². The second-order valence-electron chi connectivity index (χ2n) is 4.63. The minimum atomic E-state index is -0.513. The third-order valence-corrected chi connectivity index (χ3v) is 3.16. The zero-order valence-electron chi connectivity index (χ0n) is 9.53. The Labute approximate surface area is 95.2 Å². The van der Waals surface area contributed by atoms with E-state index >= 15 is 0 Å².